The molecule has 0 aliphatic carbocycles. The average molecular weight is 595 g/mol. The molecule has 0 saturated carbocycles. The van der Waals surface area contributed by atoms with Crippen molar-refractivity contribution in [3.8, 4) is 0 Å². The molecule has 38 heavy (non-hydrogen) atoms. The Morgan fingerprint density at radius 2 is 1.92 bits per heavy atom. The largest absolute Gasteiger partial charge is 0.505 e. The van der Waals surface area contributed by atoms with Crippen LogP contribution in [-0.2, 0) is 14.3 Å². The number of fused-ring (bicyclic) bond motifs is 1. The summed E-state index contributed by atoms with van der Waals surface area (Å²) in [5, 5.41) is 11.7. The second-order valence-corrected chi connectivity index (χ2v) is 10.7. The van der Waals surface area contributed by atoms with Crippen LogP contribution in [0, 0.1) is 20.8 Å². The number of pyridine rings is 1. The molecule has 1 fully saturated rings. The zero-order chi connectivity index (χ0) is 27.3. The molecule has 1 amide bonds. The molecular weight excluding hydrogens is 572 g/mol. The summed E-state index contributed by atoms with van der Waals surface area (Å²) < 4.78 is 7.67. The van der Waals surface area contributed by atoms with Crippen molar-refractivity contribution in [1.82, 2.24) is 14.4 Å². The number of hydrogen-bond donors (Lipinski definition) is 1. The minimum Gasteiger partial charge on any atom is -0.505 e. The molecule has 0 bridgehead atoms. The maximum Gasteiger partial charge on any atom is 0.350 e. The van der Waals surface area contributed by atoms with E-state index in [1.54, 1.807) is 39.0 Å². The van der Waals surface area contributed by atoms with Gasteiger partial charge >= 0.3 is 11.9 Å². The van der Waals surface area contributed by atoms with Gasteiger partial charge in [-0.05, 0) is 57.0 Å². The molecule has 1 aromatic carbocycles. The Hall–Kier alpha value is -3.83. The minimum atomic E-state index is -1.00. The monoisotopic (exact) mass is 594 g/mol. The number of imidazole rings is 1. The maximum absolute atomic E-state index is 13.5. The van der Waals surface area contributed by atoms with Gasteiger partial charge in [-0.15, -0.1) is 0 Å². The number of carbonyl (C=O) groups excluding carboxylic acids is 3. The van der Waals surface area contributed by atoms with Gasteiger partial charge in [0.25, 0.3) is 5.78 Å². The number of amides is 1. The molecule has 194 valence electrons. The van der Waals surface area contributed by atoms with Gasteiger partial charge in [0, 0.05) is 10.7 Å². The van der Waals surface area contributed by atoms with E-state index in [-0.39, 0.29) is 33.6 Å². The van der Waals surface area contributed by atoms with E-state index in [1.807, 2.05) is 35.7 Å². The Bertz CT molecular complexity index is 1670. The number of ketones is 1. The molecule has 1 atom stereocenters. The number of rotatable bonds is 5. The summed E-state index contributed by atoms with van der Waals surface area (Å²) in [7, 11) is 0. The van der Waals surface area contributed by atoms with Gasteiger partial charge in [-0.1, -0.05) is 45.5 Å². The fraction of sp³-hybridized carbons (Fsp3) is 0.222. The molecular formula is C27H23BrN4O5S. The number of nitrogens with zero attached hydrogens (tertiary/aromatic N) is 4. The normalized spacial score (nSPS) is 17.0. The van der Waals surface area contributed by atoms with E-state index in [4.69, 9.17) is 4.74 Å². The van der Waals surface area contributed by atoms with E-state index in [9.17, 15) is 19.5 Å². The van der Waals surface area contributed by atoms with Crippen LogP contribution in [0.2, 0.25) is 0 Å². The highest BCUT2D eigenvalue weighted by Gasteiger charge is 2.49. The van der Waals surface area contributed by atoms with Gasteiger partial charge in [-0.2, -0.15) is 0 Å². The number of benzene rings is 1. The van der Waals surface area contributed by atoms with Crippen LogP contribution in [0.1, 0.15) is 50.8 Å². The standard InChI is InChI=1S/C27H23BrN4O5S/c1-5-37-26(36)23-14(3)29-27(38-23)32-20(16-9-6-10-17(28)12-16)18(22(34)25(32)35)21(33)19-15(4)31-11-7-8-13(2)24(31)30-19/h6-12,20,33H,5H2,1-4H3. The summed E-state index contributed by atoms with van der Waals surface area (Å²) in [6.07, 6.45) is 1.82. The number of anilines is 1. The third kappa shape index (κ3) is 4.11. The Balaban J connectivity index is 1.74. The SMILES string of the molecule is CCOC(=O)c1sc(N2C(=O)C(=O)C(=C(O)c3nc4c(C)cccn4c3C)C2c2cccc(Br)c2)nc1C. The first kappa shape index (κ1) is 25.8. The predicted octanol–water partition coefficient (Wildman–Crippen LogP) is 5.28. The van der Waals surface area contributed by atoms with E-state index in [0.29, 0.717) is 22.6 Å². The van der Waals surface area contributed by atoms with Gasteiger partial charge in [0.2, 0.25) is 0 Å². The number of Topliss-reactive ketones (excluding diaryl/α,β-unsaturated/α-hetero) is 1. The second-order valence-electron chi connectivity index (χ2n) is 8.79. The summed E-state index contributed by atoms with van der Waals surface area (Å²) in [6, 6.07) is 9.89. The van der Waals surface area contributed by atoms with E-state index in [2.05, 4.69) is 25.9 Å². The van der Waals surface area contributed by atoms with Crippen LogP contribution in [0.3, 0.4) is 0 Å². The zero-order valence-corrected chi connectivity index (χ0v) is 23.4. The second kappa shape index (κ2) is 9.80. The lowest BCUT2D eigenvalue weighted by Crippen LogP contribution is -2.29. The van der Waals surface area contributed by atoms with Crippen molar-refractivity contribution >= 4 is 61.5 Å². The Kier molecular flexibility index (Phi) is 6.66. The molecule has 4 heterocycles. The van der Waals surface area contributed by atoms with Gasteiger partial charge in [-0.3, -0.25) is 14.5 Å². The molecule has 0 spiro atoms. The quantitative estimate of drug-likeness (QED) is 0.145. The van der Waals surface area contributed by atoms with Crippen LogP contribution in [0.15, 0.2) is 52.6 Å². The molecule has 9 nitrogen and oxygen atoms in total. The third-order valence-electron chi connectivity index (χ3n) is 6.37. The van der Waals surface area contributed by atoms with E-state index in [1.165, 1.54) is 4.90 Å². The summed E-state index contributed by atoms with van der Waals surface area (Å²) in [6.45, 7) is 7.21. The van der Waals surface area contributed by atoms with E-state index >= 15 is 0 Å². The highest BCUT2D eigenvalue weighted by Crippen LogP contribution is 2.44. The molecule has 1 unspecified atom stereocenters. The lowest BCUT2D eigenvalue weighted by atomic mass is 9.96. The molecule has 3 aromatic heterocycles. The zero-order valence-electron chi connectivity index (χ0n) is 21.0. The molecule has 1 saturated heterocycles. The number of aryl methyl sites for hydroxylation is 3. The number of aliphatic hydroxyl groups is 1. The number of hydrogen-bond acceptors (Lipinski definition) is 8. The minimum absolute atomic E-state index is 0.109. The lowest BCUT2D eigenvalue weighted by molar-refractivity contribution is -0.132. The highest BCUT2D eigenvalue weighted by molar-refractivity contribution is 9.10. The molecule has 4 aromatic rings. The predicted molar refractivity (Wildman–Crippen MR) is 146 cm³/mol. The average Bonchev–Trinajstić information content (AvgIpc) is 3.51. The fourth-order valence-electron chi connectivity index (χ4n) is 4.57. The van der Waals surface area contributed by atoms with Crippen molar-refractivity contribution in [1.29, 1.82) is 0 Å². The van der Waals surface area contributed by atoms with Crippen molar-refractivity contribution in [3.05, 3.63) is 85.7 Å². The van der Waals surface area contributed by atoms with E-state index < -0.39 is 23.7 Å². The van der Waals surface area contributed by atoms with E-state index in [0.717, 1.165) is 21.4 Å². The smallest absolute Gasteiger partial charge is 0.350 e. The first-order chi connectivity index (χ1) is 18.1. The van der Waals surface area contributed by atoms with Crippen molar-refractivity contribution < 1.29 is 24.2 Å². The Labute approximate surface area is 230 Å². The van der Waals surface area contributed by atoms with Crippen LogP contribution in [-0.4, -0.2) is 43.7 Å². The van der Waals surface area contributed by atoms with Crippen molar-refractivity contribution in [3.63, 3.8) is 0 Å². The Morgan fingerprint density at radius 3 is 2.61 bits per heavy atom. The van der Waals surface area contributed by atoms with Crippen LogP contribution < -0.4 is 4.90 Å². The van der Waals surface area contributed by atoms with Gasteiger partial charge in [0.1, 0.15) is 16.2 Å². The molecule has 5 rings (SSSR count). The maximum atomic E-state index is 13.5. The number of halogens is 1. The number of thiazole rings is 1. The first-order valence-electron chi connectivity index (χ1n) is 11.8. The highest BCUT2D eigenvalue weighted by atomic mass is 79.9. The first-order valence-corrected chi connectivity index (χ1v) is 13.4. The van der Waals surface area contributed by atoms with Gasteiger partial charge in [-0.25, -0.2) is 14.8 Å². The third-order valence-corrected chi connectivity index (χ3v) is 8.00. The van der Waals surface area contributed by atoms with Crippen LogP contribution >= 0.6 is 27.3 Å². The van der Waals surface area contributed by atoms with Gasteiger partial charge < -0.3 is 14.2 Å². The van der Waals surface area contributed by atoms with Crippen LogP contribution in [0.25, 0.3) is 11.4 Å². The van der Waals surface area contributed by atoms with Crippen LogP contribution in [0.5, 0.6) is 0 Å². The Morgan fingerprint density at radius 1 is 1.16 bits per heavy atom. The number of ether oxygens (including phenoxy) is 1. The topological polar surface area (TPSA) is 114 Å². The summed E-state index contributed by atoms with van der Waals surface area (Å²) >= 11 is 4.42. The number of carbonyl (C=O) groups is 3. The molecule has 1 aliphatic heterocycles. The van der Waals surface area contributed by atoms with Gasteiger partial charge in [0.15, 0.2) is 10.9 Å². The summed E-state index contributed by atoms with van der Waals surface area (Å²) in [5.41, 5.74) is 3.20. The lowest BCUT2D eigenvalue weighted by Gasteiger charge is -2.23. The summed E-state index contributed by atoms with van der Waals surface area (Å²) in [4.78, 5) is 50.0. The number of esters is 1. The van der Waals surface area contributed by atoms with Crippen molar-refractivity contribution in [2.75, 3.05) is 11.5 Å². The molecule has 0 radical (unpaired) electrons. The molecule has 1 aliphatic rings. The van der Waals surface area contributed by atoms with Gasteiger partial charge in [0.05, 0.1) is 29.6 Å². The number of aromatic nitrogens is 3. The van der Waals surface area contributed by atoms with Crippen molar-refractivity contribution in [2.45, 2.75) is 33.7 Å². The fourth-order valence-corrected chi connectivity index (χ4v) is 5.97. The molecule has 11 heteroatoms. The molecule has 1 N–H and O–H groups in total. The van der Waals surface area contributed by atoms with Crippen molar-refractivity contribution in [2.24, 2.45) is 0 Å². The number of aliphatic hydroxyl groups excluding tert-OH is 1. The summed E-state index contributed by atoms with van der Waals surface area (Å²) in [5.74, 6) is -2.67. The van der Waals surface area contributed by atoms with Crippen LogP contribution in [0.4, 0.5) is 5.13 Å².